The molecule has 0 N–H and O–H groups in total. The van der Waals surface area contributed by atoms with E-state index in [1.165, 1.54) is 0 Å². The minimum absolute atomic E-state index is 0.447. The molecule has 12 heavy (non-hydrogen) atoms. The van der Waals surface area contributed by atoms with Crippen molar-refractivity contribution in [3.63, 3.8) is 0 Å². The Morgan fingerprint density at radius 3 is 2.50 bits per heavy atom. The molecule has 0 bridgehead atoms. The molecule has 4 heteroatoms. The fourth-order valence-electron chi connectivity index (χ4n) is 0.962. The Balaban J connectivity index is 4.39. The van der Waals surface area contributed by atoms with Crippen LogP contribution in [0, 0.1) is 16.7 Å². The predicted molar refractivity (Wildman–Crippen MR) is 49.2 cm³/mol. The fraction of sp³-hybridized carbons (Fsp3) is 0.750. The molecule has 0 aliphatic carbocycles. The molecule has 0 amide bonds. The molecule has 0 aromatic rings. The summed E-state index contributed by atoms with van der Waals surface area (Å²) in [5.41, 5.74) is -1.02. The quantitative estimate of drug-likeness (QED) is 0.514. The molecule has 0 fully saturated rings. The second kappa shape index (κ2) is 5.40. The highest BCUT2D eigenvalue weighted by Gasteiger charge is 2.34. The van der Waals surface area contributed by atoms with Crippen LogP contribution in [0.1, 0.15) is 26.2 Å². The van der Waals surface area contributed by atoms with Crippen LogP contribution in [0.2, 0.25) is 0 Å². The lowest BCUT2D eigenvalue weighted by Crippen LogP contribution is -2.25. The van der Waals surface area contributed by atoms with Crippen LogP contribution in [0.4, 0.5) is 0 Å². The van der Waals surface area contributed by atoms with E-state index in [0.29, 0.717) is 25.1 Å². The van der Waals surface area contributed by atoms with Crippen LogP contribution in [0.3, 0.4) is 0 Å². The SMILES string of the molecule is CCC(C#N)(CCCCl)C(=O)Cl. The number of carbonyl (C=O) groups is 1. The first-order chi connectivity index (χ1) is 5.63. The van der Waals surface area contributed by atoms with Crippen molar-refractivity contribution in [3.05, 3.63) is 0 Å². The van der Waals surface area contributed by atoms with E-state index >= 15 is 0 Å². The summed E-state index contributed by atoms with van der Waals surface area (Å²) < 4.78 is 0. The number of alkyl halides is 1. The molecule has 0 rings (SSSR count). The zero-order chi connectivity index (χ0) is 9.61. The highest BCUT2D eigenvalue weighted by molar-refractivity contribution is 6.65. The molecule has 0 spiro atoms. The molecule has 0 radical (unpaired) electrons. The maximum Gasteiger partial charge on any atom is 0.241 e. The monoisotopic (exact) mass is 207 g/mol. The van der Waals surface area contributed by atoms with Crippen LogP contribution >= 0.6 is 23.2 Å². The summed E-state index contributed by atoms with van der Waals surface area (Å²) in [6.45, 7) is 1.78. The Bertz CT molecular complexity index is 200. The first kappa shape index (κ1) is 11.7. The van der Waals surface area contributed by atoms with Gasteiger partial charge >= 0.3 is 0 Å². The van der Waals surface area contributed by atoms with Gasteiger partial charge in [-0.15, -0.1) is 11.6 Å². The van der Waals surface area contributed by atoms with Crippen LogP contribution in [-0.2, 0) is 4.79 Å². The summed E-state index contributed by atoms with van der Waals surface area (Å²) in [4.78, 5) is 10.9. The van der Waals surface area contributed by atoms with Gasteiger partial charge in [0.1, 0.15) is 5.41 Å². The van der Waals surface area contributed by atoms with E-state index in [9.17, 15) is 4.79 Å². The Morgan fingerprint density at radius 1 is 1.67 bits per heavy atom. The van der Waals surface area contributed by atoms with Gasteiger partial charge in [-0.3, -0.25) is 4.79 Å². The van der Waals surface area contributed by atoms with Gasteiger partial charge in [0.2, 0.25) is 5.24 Å². The highest BCUT2D eigenvalue weighted by Crippen LogP contribution is 2.30. The minimum atomic E-state index is -1.02. The molecule has 0 aliphatic heterocycles. The minimum Gasteiger partial charge on any atom is -0.279 e. The van der Waals surface area contributed by atoms with Crippen molar-refractivity contribution in [1.29, 1.82) is 5.26 Å². The Morgan fingerprint density at radius 2 is 2.25 bits per heavy atom. The lowest BCUT2D eigenvalue weighted by Gasteiger charge is -2.18. The van der Waals surface area contributed by atoms with Crippen LogP contribution in [-0.4, -0.2) is 11.1 Å². The van der Waals surface area contributed by atoms with E-state index < -0.39 is 10.7 Å². The number of nitrogens with zero attached hydrogens (tertiary/aromatic N) is 1. The third-order valence-electron chi connectivity index (χ3n) is 1.93. The maximum absolute atomic E-state index is 10.9. The van der Waals surface area contributed by atoms with Crippen molar-refractivity contribution in [2.24, 2.45) is 5.41 Å². The summed E-state index contributed by atoms with van der Waals surface area (Å²) in [6, 6.07) is 1.96. The second-order valence-electron chi connectivity index (χ2n) is 2.61. The first-order valence-corrected chi connectivity index (χ1v) is 4.71. The summed E-state index contributed by atoms with van der Waals surface area (Å²) in [5.74, 6) is 0.452. The third-order valence-corrected chi connectivity index (χ3v) is 2.56. The van der Waals surface area contributed by atoms with Gasteiger partial charge in [-0.25, -0.2) is 0 Å². The molecule has 68 valence electrons. The van der Waals surface area contributed by atoms with Crippen LogP contribution in [0.5, 0.6) is 0 Å². The molecule has 0 heterocycles. The Labute approximate surface area is 82.5 Å². The van der Waals surface area contributed by atoms with Crippen molar-refractivity contribution >= 4 is 28.4 Å². The molecular weight excluding hydrogens is 197 g/mol. The van der Waals surface area contributed by atoms with Crippen LogP contribution in [0.15, 0.2) is 0 Å². The highest BCUT2D eigenvalue weighted by atomic mass is 35.5. The summed E-state index contributed by atoms with van der Waals surface area (Å²) in [5, 5.41) is 8.20. The van der Waals surface area contributed by atoms with Gasteiger partial charge in [0.15, 0.2) is 0 Å². The smallest absolute Gasteiger partial charge is 0.241 e. The number of halogens is 2. The average molecular weight is 208 g/mol. The third kappa shape index (κ3) is 2.66. The van der Waals surface area contributed by atoms with Gasteiger partial charge < -0.3 is 0 Å². The van der Waals surface area contributed by atoms with Crippen molar-refractivity contribution in [2.45, 2.75) is 26.2 Å². The summed E-state index contributed by atoms with van der Waals surface area (Å²) in [6.07, 6.45) is 1.54. The molecule has 0 saturated carbocycles. The van der Waals surface area contributed by atoms with E-state index in [4.69, 9.17) is 28.5 Å². The number of hydrogen-bond donors (Lipinski definition) is 0. The maximum atomic E-state index is 10.9. The van der Waals surface area contributed by atoms with E-state index in [0.717, 1.165) is 0 Å². The topological polar surface area (TPSA) is 40.9 Å². The summed E-state index contributed by atoms with van der Waals surface area (Å²) >= 11 is 10.8. The van der Waals surface area contributed by atoms with Gasteiger partial charge in [-0.2, -0.15) is 5.26 Å². The van der Waals surface area contributed by atoms with Gasteiger partial charge in [-0.1, -0.05) is 6.92 Å². The van der Waals surface area contributed by atoms with Crippen molar-refractivity contribution in [3.8, 4) is 6.07 Å². The zero-order valence-electron chi connectivity index (χ0n) is 6.94. The van der Waals surface area contributed by atoms with E-state index in [-0.39, 0.29) is 0 Å². The largest absolute Gasteiger partial charge is 0.279 e. The van der Waals surface area contributed by atoms with Crippen molar-refractivity contribution < 1.29 is 4.79 Å². The number of carbonyl (C=O) groups excluding carboxylic acids is 1. The number of rotatable bonds is 5. The second-order valence-corrected chi connectivity index (χ2v) is 3.33. The standard InChI is InChI=1S/C8H11Cl2NO/c1-2-8(6-11,7(10)12)4-3-5-9/h2-5H2,1H3. The van der Waals surface area contributed by atoms with Crippen LogP contribution < -0.4 is 0 Å². The predicted octanol–water partition coefficient (Wildman–Crippen LogP) is 2.69. The molecule has 0 aliphatic rings. The van der Waals surface area contributed by atoms with Crippen molar-refractivity contribution in [1.82, 2.24) is 0 Å². The molecular formula is C8H11Cl2NO. The first-order valence-electron chi connectivity index (χ1n) is 3.80. The Hall–Kier alpha value is -0.260. The van der Waals surface area contributed by atoms with Crippen LogP contribution in [0.25, 0.3) is 0 Å². The zero-order valence-corrected chi connectivity index (χ0v) is 8.45. The Kier molecular flexibility index (Phi) is 5.28. The fourth-order valence-corrected chi connectivity index (χ4v) is 1.37. The van der Waals surface area contributed by atoms with Gasteiger partial charge in [0.25, 0.3) is 0 Å². The lowest BCUT2D eigenvalue weighted by atomic mass is 9.84. The van der Waals surface area contributed by atoms with E-state index in [1.807, 2.05) is 6.07 Å². The van der Waals surface area contributed by atoms with Gasteiger partial charge in [0.05, 0.1) is 6.07 Å². The molecule has 0 saturated heterocycles. The lowest BCUT2D eigenvalue weighted by molar-refractivity contribution is -0.118. The number of nitriles is 1. The average Bonchev–Trinajstić information content (AvgIpc) is 2.07. The molecule has 0 aromatic carbocycles. The molecule has 0 aromatic heterocycles. The van der Waals surface area contributed by atoms with Gasteiger partial charge in [0, 0.05) is 5.88 Å². The van der Waals surface area contributed by atoms with Gasteiger partial charge in [-0.05, 0) is 30.9 Å². The molecule has 2 nitrogen and oxygen atoms in total. The van der Waals surface area contributed by atoms with E-state index in [2.05, 4.69) is 0 Å². The van der Waals surface area contributed by atoms with E-state index in [1.54, 1.807) is 6.92 Å². The summed E-state index contributed by atoms with van der Waals surface area (Å²) in [7, 11) is 0. The number of hydrogen-bond acceptors (Lipinski definition) is 2. The normalized spacial score (nSPS) is 14.8. The van der Waals surface area contributed by atoms with Crippen molar-refractivity contribution in [2.75, 3.05) is 5.88 Å². The molecule has 1 unspecified atom stereocenters. The molecule has 1 atom stereocenters.